The summed E-state index contributed by atoms with van der Waals surface area (Å²) in [6.45, 7) is 2.35. The number of aryl methyl sites for hydroxylation is 1. The van der Waals surface area contributed by atoms with Crippen molar-refractivity contribution in [3.05, 3.63) is 65.5 Å². The Morgan fingerprint density at radius 2 is 1.72 bits per heavy atom. The number of pyridine rings is 1. The second-order valence-electron chi connectivity index (χ2n) is 4.18. The van der Waals surface area contributed by atoms with E-state index in [4.69, 9.17) is 4.74 Å². The van der Waals surface area contributed by atoms with Crippen LogP contribution in [0.1, 0.15) is 16.7 Å². The molecular weight excluding hydrogens is 226 g/mol. The number of rotatable bonds is 4. The first-order valence-electron chi connectivity index (χ1n) is 5.84. The van der Waals surface area contributed by atoms with Crippen LogP contribution < -0.4 is 0 Å². The summed E-state index contributed by atoms with van der Waals surface area (Å²) in [5.41, 5.74) is 3.12. The van der Waals surface area contributed by atoms with E-state index in [1.807, 2.05) is 43.3 Å². The monoisotopic (exact) mass is 241 g/mol. The topological polar surface area (TPSA) is 39.2 Å². The van der Waals surface area contributed by atoms with Gasteiger partial charge in [0.05, 0.1) is 6.42 Å². The van der Waals surface area contributed by atoms with Crippen LogP contribution in [0.15, 0.2) is 48.8 Å². The normalized spacial score (nSPS) is 10.1. The van der Waals surface area contributed by atoms with Crippen molar-refractivity contribution >= 4 is 5.97 Å². The summed E-state index contributed by atoms with van der Waals surface area (Å²) in [4.78, 5) is 15.5. The van der Waals surface area contributed by atoms with E-state index >= 15 is 0 Å². The number of hydrogen-bond donors (Lipinski definition) is 0. The van der Waals surface area contributed by atoms with Crippen molar-refractivity contribution in [3.63, 3.8) is 0 Å². The lowest BCUT2D eigenvalue weighted by Crippen LogP contribution is -2.07. The van der Waals surface area contributed by atoms with Crippen LogP contribution in [-0.4, -0.2) is 11.0 Å². The van der Waals surface area contributed by atoms with E-state index in [0.29, 0.717) is 6.61 Å². The molecule has 0 radical (unpaired) electrons. The third-order valence-electron chi connectivity index (χ3n) is 2.62. The Hall–Kier alpha value is -2.16. The first-order chi connectivity index (χ1) is 8.74. The van der Waals surface area contributed by atoms with Gasteiger partial charge >= 0.3 is 5.97 Å². The van der Waals surface area contributed by atoms with E-state index < -0.39 is 0 Å². The first-order valence-corrected chi connectivity index (χ1v) is 5.84. The number of hydrogen-bond acceptors (Lipinski definition) is 3. The number of carbonyl (C=O) groups is 1. The quantitative estimate of drug-likeness (QED) is 0.772. The highest BCUT2D eigenvalue weighted by atomic mass is 16.5. The Labute approximate surface area is 106 Å². The smallest absolute Gasteiger partial charge is 0.310 e. The van der Waals surface area contributed by atoms with E-state index in [2.05, 4.69) is 4.98 Å². The van der Waals surface area contributed by atoms with Crippen LogP contribution in [0.25, 0.3) is 0 Å². The molecule has 0 N–H and O–H groups in total. The average Bonchev–Trinajstić information content (AvgIpc) is 2.39. The fourth-order valence-corrected chi connectivity index (χ4v) is 1.57. The molecule has 1 heterocycles. The van der Waals surface area contributed by atoms with E-state index in [1.54, 1.807) is 12.4 Å². The third-order valence-corrected chi connectivity index (χ3v) is 2.62. The average molecular weight is 241 g/mol. The lowest BCUT2D eigenvalue weighted by molar-refractivity contribution is -0.144. The van der Waals surface area contributed by atoms with Gasteiger partial charge in [0.2, 0.25) is 0 Å². The Bertz CT molecular complexity index is 506. The zero-order valence-corrected chi connectivity index (χ0v) is 10.3. The number of esters is 1. The molecule has 0 fully saturated rings. The summed E-state index contributed by atoms with van der Waals surface area (Å²) in [5.74, 6) is -0.221. The summed E-state index contributed by atoms with van der Waals surface area (Å²) in [6, 6.07) is 11.6. The van der Waals surface area contributed by atoms with E-state index in [1.165, 1.54) is 5.56 Å². The zero-order valence-electron chi connectivity index (χ0n) is 10.3. The first kappa shape index (κ1) is 12.3. The molecule has 2 aromatic rings. The van der Waals surface area contributed by atoms with Gasteiger partial charge in [0.15, 0.2) is 0 Å². The van der Waals surface area contributed by atoms with Gasteiger partial charge in [-0.15, -0.1) is 0 Å². The number of carbonyl (C=O) groups excluding carboxylic acids is 1. The van der Waals surface area contributed by atoms with Gasteiger partial charge in [0.25, 0.3) is 0 Å². The molecule has 18 heavy (non-hydrogen) atoms. The van der Waals surface area contributed by atoms with Crippen LogP contribution in [0.2, 0.25) is 0 Å². The predicted octanol–water partition coefficient (Wildman–Crippen LogP) is 2.68. The van der Waals surface area contributed by atoms with Crippen molar-refractivity contribution in [3.8, 4) is 0 Å². The van der Waals surface area contributed by atoms with E-state index in [0.717, 1.165) is 11.1 Å². The van der Waals surface area contributed by atoms with Crippen molar-refractivity contribution < 1.29 is 9.53 Å². The van der Waals surface area contributed by atoms with Gasteiger partial charge in [-0.05, 0) is 30.2 Å². The summed E-state index contributed by atoms with van der Waals surface area (Å²) in [6.07, 6.45) is 3.62. The van der Waals surface area contributed by atoms with Gasteiger partial charge < -0.3 is 4.74 Å². The Kier molecular flexibility index (Phi) is 4.07. The maximum Gasteiger partial charge on any atom is 0.310 e. The largest absolute Gasteiger partial charge is 0.461 e. The van der Waals surface area contributed by atoms with Gasteiger partial charge in [-0.25, -0.2) is 0 Å². The van der Waals surface area contributed by atoms with Crippen molar-refractivity contribution in [1.82, 2.24) is 4.98 Å². The minimum absolute atomic E-state index is 0.221. The molecule has 1 aromatic carbocycles. The molecule has 0 saturated carbocycles. The number of ether oxygens (including phenoxy) is 1. The maximum atomic E-state index is 11.6. The highest BCUT2D eigenvalue weighted by Crippen LogP contribution is 2.06. The Balaban J connectivity index is 1.83. The lowest BCUT2D eigenvalue weighted by Gasteiger charge is -2.05. The molecule has 0 amide bonds. The van der Waals surface area contributed by atoms with Crippen LogP contribution in [0.4, 0.5) is 0 Å². The summed E-state index contributed by atoms with van der Waals surface area (Å²) in [5, 5.41) is 0. The molecule has 0 bridgehead atoms. The molecular formula is C15H15NO2. The second-order valence-corrected chi connectivity index (χ2v) is 4.18. The molecule has 0 atom stereocenters. The van der Waals surface area contributed by atoms with Crippen LogP contribution in [-0.2, 0) is 22.6 Å². The highest BCUT2D eigenvalue weighted by molar-refractivity contribution is 5.72. The maximum absolute atomic E-state index is 11.6. The molecule has 3 heteroatoms. The van der Waals surface area contributed by atoms with Crippen molar-refractivity contribution in [2.24, 2.45) is 0 Å². The van der Waals surface area contributed by atoms with Crippen LogP contribution >= 0.6 is 0 Å². The molecule has 1 aromatic heterocycles. The lowest BCUT2D eigenvalue weighted by atomic mass is 10.2. The molecule has 0 unspecified atom stereocenters. The van der Waals surface area contributed by atoms with Crippen LogP contribution in [0.3, 0.4) is 0 Å². The van der Waals surface area contributed by atoms with Crippen molar-refractivity contribution in [1.29, 1.82) is 0 Å². The Morgan fingerprint density at radius 1 is 1.06 bits per heavy atom. The summed E-state index contributed by atoms with van der Waals surface area (Å²) < 4.78 is 5.21. The fraction of sp³-hybridized carbons (Fsp3) is 0.200. The molecule has 0 saturated heterocycles. The van der Waals surface area contributed by atoms with E-state index in [-0.39, 0.29) is 12.4 Å². The fourth-order valence-electron chi connectivity index (χ4n) is 1.57. The molecule has 0 aliphatic heterocycles. The molecule has 92 valence electrons. The molecule has 3 nitrogen and oxygen atoms in total. The summed E-state index contributed by atoms with van der Waals surface area (Å²) in [7, 11) is 0. The molecule has 2 rings (SSSR count). The van der Waals surface area contributed by atoms with Gasteiger partial charge in [0.1, 0.15) is 6.61 Å². The predicted molar refractivity (Wildman–Crippen MR) is 68.9 cm³/mol. The highest BCUT2D eigenvalue weighted by Gasteiger charge is 2.04. The van der Waals surface area contributed by atoms with Gasteiger partial charge in [0, 0.05) is 12.4 Å². The van der Waals surface area contributed by atoms with Crippen molar-refractivity contribution in [2.75, 3.05) is 0 Å². The van der Waals surface area contributed by atoms with Gasteiger partial charge in [-0.2, -0.15) is 0 Å². The Morgan fingerprint density at radius 3 is 2.39 bits per heavy atom. The molecule has 0 aliphatic rings. The zero-order chi connectivity index (χ0) is 12.8. The van der Waals surface area contributed by atoms with Crippen LogP contribution in [0.5, 0.6) is 0 Å². The summed E-state index contributed by atoms with van der Waals surface area (Å²) >= 11 is 0. The SMILES string of the molecule is Cc1ccc(COC(=O)Cc2ccncc2)cc1. The minimum Gasteiger partial charge on any atom is -0.461 e. The standard InChI is InChI=1S/C15H15NO2/c1-12-2-4-14(5-3-12)11-18-15(17)10-13-6-8-16-9-7-13/h2-9H,10-11H2,1H3. The number of aromatic nitrogens is 1. The van der Waals surface area contributed by atoms with Crippen LogP contribution in [0, 0.1) is 6.92 Å². The molecule has 0 spiro atoms. The number of nitrogens with zero attached hydrogens (tertiary/aromatic N) is 1. The van der Waals surface area contributed by atoms with Gasteiger partial charge in [-0.3, -0.25) is 9.78 Å². The minimum atomic E-state index is -0.221. The second kappa shape index (κ2) is 5.96. The van der Waals surface area contributed by atoms with Gasteiger partial charge in [-0.1, -0.05) is 29.8 Å². The third kappa shape index (κ3) is 3.70. The molecule has 0 aliphatic carbocycles. The number of benzene rings is 1. The van der Waals surface area contributed by atoms with Crippen molar-refractivity contribution in [2.45, 2.75) is 20.0 Å². The van der Waals surface area contributed by atoms with E-state index in [9.17, 15) is 4.79 Å².